The molecule has 11 aromatic rings. The molecule has 3 nitrogen and oxygen atoms in total. The highest BCUT2D eigenvalue weighted by atomic mass is 15.2. The maximum absolute atomic E-state index is 2.48. The lowest BCUT2D eigenvalue weighted by Crippen LogP contribution is -2.28. The summed E-state index contributed by atoms with van der Waals surface area (Å²) in [5.41, 5.74) is 20.4. The predicted molar refractivity (Wildman–Crippen MR) is 291 cm³/mol. The molecule has 0 spiro atoms. The highest BCUT2D eigenvalue weighted by molar-refractivity contribution is 6.09. The second kappa shape index (κ2) is 17.1. The first kappa shape index (κ1) is 40.4. The molecule has 326 valence electrons. The molecular formula is C66H47N3. The number of hydrogen-bond acceptors (Lipinski definition) is 2. The molecule has 2 heterocycles. The van der Waals surface area contributed by atoms with E-state index >= 15 is 0 Å². The number of allylic oxidation sites excluding steroid dienone is 2. The van der Waals surface area contributed by atoms with Gasteiger partial charge >= 0.3 is 0 Å². The minimum absolute atomic E-state index is 0.301. The molecule has 0 N–H and O–H groups in total. The fourth-order valence-corrected chi connectivity index (χ4v) is 10.7. The zero-order valence-electron chi connectivity index (χ0n) is 38.0. The van der Waals surface area contributed by atoms with E-state index in [2.05, 4.69) is 287 Å². The summed E-state index contributed by atoms with van der Waals surface area (Å²) >= 11 is 0. The molecule has 2 unspecified atom stereocenters. The molecule has 1 aliphatic heterocycles. The third-order valence-corrected chi connectivity index (χ3v) is 14.2. The normalized spacial score (nSPS) is 14.8. The van der Waals surface area contributed by atoms with Crippen LogP contribution in [0.1, 0.15) is 11.5 Å². The van der Waals surface area contributed by atoms with Crippen LogP contribution in [0.15, 0.2) is 273 Å². The molecule has 10 aromatic carbocycles. The van der Waals surface area contributed by atoms with Crippen molar-refractivity contribution in [3.63, 3.8) is 0 Å². The molecule has 0 bridgehead atoms. The van der Waals surface area contributed by atoms with Gasteiger partial charge in [-0.05, 0) is 129 Å². The van der Waals surface area contributed by atoms with Gasteiger partial charge in [-0.1, -0.05) is 194 Å². The topological polar surface area (TPSA) is 11.4 Å². The number of hydrogen-bond donors (Lipinski definition) is 0. The van der Waals surface area contributed by atoms with Crippen LogP contribution >= 0.6 is 0 Å². The summed E-state index contributed by atoms with van der Waals surface area (Å²) in [6.07, 6.45) is 9.02. The van der Waals surface area contributed by atoms with Crippen LogP contribution in [0.5, 0.6) is 0 Å². The second-order valence-electron chi connectivity index (χ2n) is 18.1. The van der Waals surface area contributed by atoms with Crippen molar-refractivity contribution in [3.8, 4) is 50.2 Å². The fourth-order valence-electron chi connectivity index (χ4n) is 10.7. The quantitative estimate of drug-likeness (QED) is 0.143. The van der Waals surface area contributed by atoms with Crippen molar-refractivity contribution in [2.75, 3.05) is 9.80 Å². The standard InChI is InChI=1S/C66H47N3/c1-2-12-54(13-3-1)67(55-38-30-50(31-39-55)46-22-26-48(27-23-46)52-34-42-57(43-35-52)68-63-18-8-4-14-59(63)60-15-5-9-19-64(60)68)56-40-32-51(33-41-56)47-24-28-49(29-25-47)53-36-44-58(45-37-53)69-65-20-10-6-16-61(65)62-17-7-11-21-66(62)69/h1-45,59,63H. The van der Waals surface area contributed by atoms with Crippen LogP contribution in [0.2, 0.25) is 0 Å². The lowest BCUT2D eigenvalue weighted by atomic mass is 9.91. The van der Waals surface area contributed by atoms with Crippen LogP contribution in [-0.4, -0.2) is 10.6 Å². The van der Waals surface area contributed by atoms with E-state index in [0.717, 1.165) is 22.7 Å². The number of nitrogens with zero attached hydrogens (tertiary/aromatic N) is 3. The SMILES string of the molecule is C1=CC2c3ccccc3N(c3ccc(-c4ccc(-c5ccc(N(c6ccccc6)c6ccc(-c7ccc(-c8ccc(-n9c%10ccccc%10c%10ccccc%109)cc8)cc7)cc6)cc5)cc4)cc3)C2C=C1. The first-order valence-corrected chi connectivity index (χ1v) is 23.9. The van der Waals surface area contributed by atoms with Crippen molar-refractivity contribution in [1.29, 1.82) is 0 Å². The van der Waals surface area contributed by atoms with Crippen LogP contribution in [0, 0.1) is 0 Å². The Morgan fingerprint density at radius 2 is 0.681 bits per heavy atom. The number of fused-ring (bicyclic) bond motifs is 6. The monoisotopic (exact) mass is 881 g/mol. The molecule has 13 rings (SSSR count). The van der Waals surface area contributed by atoms with Crippen LogP contribution in [0.4, 0.5) is 28.4 Å². The number of anilines is 5. The van der Waals surface area contributed by atoms with E-state index in [9.17, 15) is 0 Å². The minimum atomic E-state index is 0.301. The van der Waals surface area contributed by atoms with Crippen molar-refractivity contribution in [3.05, 3.63) is 279 Å². The van der Waals surface area contributed by atoms with Gasteiger partial charge in [-0.25, -0.2) is 0 Å². The molecule has 0 radical (unpaired) electrons. The second-order valence-corrected chi connectivity index (χ2v) is 18.1. The van der Waals surface area contributed by atoms with Crippen molar-refractivity contribution in [1.82, 2.24) is 4.57 Å². The van der Waals surface area contributed by atoms with Gasteiger partial charge < -0.3 is 14.4 Å². The third kappa shape index (κ3) is 7.24. The minimum Gasteiger partial charge on any atom is -0.333 e. The van der Waals surface area contributed by atoms with Crippen molar-refractivity contribution < 1.29 is 0 Å². The van der Waals surface area contributed by atoms with Crippen LogP contribution in [0.25, 0.3) is 72.0 Å². The molecule has 0 saturated carbocycles. The number of para-hydroxylation sites is 4. The number of benzene rings is 10. The molecule has 0 fully saturated rings. The summed E-state index contributed by atoms with van der Waals surface area (Å²) in [7, 11) is 0. The van der Waals surface area contributed by atoms with E-state index in [-0.39, 0.29) is 0 Å². The van der Waals surface area contributed by atoms with Crippen LogP contribution in [0.3, 0.4) is 0 Å². The maximum Gasteiger partial charge on any atom is 0.0629 e. The van der Waals surface area contributed by atoms with E-state index < -0.39 is 0 Å². The summed E-state index contributed by atoms with van der Waals surface area (Å²) in [6.45, 7) is 0. The molecular weight excluding hydrogens is 835 g/mol. The average molecular weight is 882 g/mol. The first-order chi connectivity index (χ1) is 34.2. The molecule has 2 aliphatic rings. The lowest BCUT2D eigenvalue weighted by Gasteiger charge is -2.28. The maximum atomic E-state index is 2.48. The Hall–Kier alpha value is -8.92. The zero-order valence-corrected chi connectivity index (χ0v) is 38.0. The van der Waals surface area contributed by atoms with E-state index in [1.165, 1.54) is 83.3 Å². The predicted octanol–water partition coefficient (Wildman–Crippen LogP) is 17.7. The molecule has 0 saturated heterocycles. The number of aromatic nitrogens is 1. The Balaban J connectivity index is 0.712. The summed E-state index contributed by atoms with van der Waals surface area (Å²) in [5, 5.41) is 2.55. The summed E-state index contributed by atoms with van der Waals surface area (Å²) in [4.78, 5) is 4.81. The number of rotatable bonds is 9. The van der Waals surface area contributed by atoms with E-state index in [1.54, 1.807) is 0 Å². The molecule has 0 amide bonds. The summed E-state index contributed by atoms with van der Waals surface area (Å²) in [5.74, 6) is 0.382. The highest BCUT2D eigenvalue weighted by Gasteiger charge is 2.37. The summed E-state index contributed by atoms with van der Waals surface area (Å²) < 4.78 is 2.37. The van der Waals surface area contributed by atoms with Gasteiger partial charge in [0.25, 0.3) is 0 Å². The molecule has 2 atom stereocenters. The molecule has 1 aliphatic carbocycles. The van der Waals surface area contributed by atoms with Gasteiger partial charge in [-0.3, -0.25) is 0 Å². The Bertz CT molecular complexity index is 3620. The van der Waals surface area contributed by atoms with Gasteiger partial charge in [0.1, 0.15) is 0 Å². The third-order valence-electron chi connectivity index (χ3n) is 14.2. The van der Waals surface area contributed by atoms with Gasteiger partial charge in [-0.2, -0.15) is 0 Å². The van der Waals surface area contributed by atoms with Crippen LogP contribution < -0.4 is 9.80 Å². The van der Waals surface area contributed by atoms with Gasteiger partial charge in [-0.15, -0.1) is 0 Å². The highest BCUT2D eigenvalue weighted by Crippen LogP contribution is 2.48. The molecule has 1 aromatic heterocycles. The van der Waals surface area contributed by atoms with Crippen LogP contribution in [-0.2, 0) is 0 Å². The van der Waals surface area contributed by atoms with Gasteiger partial charge in [0.2, 0.25) is 0 Å². The largest absolute Gasteiger partial charge is 0.333 e. The Kier molecular flexibility index (Phi) is 9.98. The first-order valence-electron chi connectivity index (χ1n) is 23.9. The van der Waals surface area contributed by atoms with Gasteiger partial charge in [0.05, 0.1) is 17.1 Å². The Morgan fingerprint density at radius 1 is 0.304 bits per heavy atom. The van der Waals surface area contributed by atoms with E-state index in [0.29, 0.717) is 12.0 Å². The van der Waals surface area contributed by atoms with Crippen molar-refractivity contribution in [2.45, 2.75) is 12.0 Å². The Labute approximate surface area is 403 Å². The van der Waals surface area contributed by atoms with Gasteiger partial charge in [0, 0.05) is 50.8 Å². The van der Waals surface area contributed by atoms with Gasteiger partial charge in [0.15, 0.2) is 0 Å². The van der Waals surface area contributed by atoms with E-state index in [4.69, 9.17) is 0 Å². The smallest absolute Gasteiger partial charge is 0.0629 e. The molecule has 69 heavy (non-hydrogen) atoms. The molecule has 3 heteroatoms. The lowest BCUT2D eigenvalue weighted by molar-refractivity contribution is 0.745. The average Bonchev–Trinajstić information content (AvgIpc) is 3.95. The zero-order chi connectivity index (χ0) is 45.7. The van der Waals surface area contributed by atoms with E-state index in [1.807, 2.05) is 0 Å². The van der Waals surface area contributed by atoms with Crippen molar-refractivity contribution in [2.24, 2.45) is 0 Å². The summed E-state index contributed by atoms with van der Waals surface area (Å²) in [6, 6.07) is 90.8. The fraction of sp³-hybridized carbons (Fsp3) is 0.0303. The van der Waals surface area contributed by atoms with Crippen molar-refractivity contribution >= 4 is 50.2 Å². The Morgan fingerprint density at radius 3 is 1.19 bits per heavy atom.